The van der Waals surface area contributed by atoms with E-state index in [0.29, 0.717) is 12.2 Å². The van der Waals surface area contributed by atoms with E-state index < -0.39 is 11.4 Å². The Balaban J connectivity index is 1.63. The van der Waals surface area contributed by atoms with Gasteiger partial charge >= 0.3 is 5.97 Å². The number of unbranched alkanes of at least 4 members (excludes halogenated alkanes) is 3. The normalized spacial score (nSPS) is 12.5. The highest BCUT2D eigenvalue weighted by atomic mass is 16.5. The van der Waals surface area contributed by atoms with E-state index in [4.69, 9.17) is 4.74 Å². The van der Waals surface area contributed by atoms with Crippen molar-refractivity contribution in [1.82, 2.24) is 4.98 Å². The Kier molecular flexibility index (Phi) is 8.38. The summed E-state index contributed by atoms with van der Waals surface area (Å²) in [7, 11) is 0. The van der Waals surface area contributed by atoms with Gasteiger partial charge < -0.3 is 4.74 Å². The third-order valence-electron chi connectivity index (χ3n) is 6.13. The fourth-order valence-electron chi connectivity index (χ4n) is 3.54. The Morgan fingerprint density at radius 2 is 1.55 bits per heavy atom. The number of hydrogen-bond acceptors (Lipinski definition) is 4. The van der Waals surface area contributed by atoms with E-state index in [1.165, 1.54) is 31.2 Å². The molecule has 0 spiro atoms. The number of aryl methyl sites for hydroxylation is 1. The maximum Gasteiger partial charge on any atom is 0.331 e. The molecule has 1 atom stereocenters. The van der Waals surface area contributed by atoms with E-state index in [1.54, 1.807) is 26.0 Å². The molecule has 0 saturated carbocycles. The van der Waals surface area contributed by atoms with E-state index in [9.17, 15) is 10.1 Å². The fourth-order valence-corrected chi connectivity index (χ4v) is 3.54. The SMILES string of the molecule is CCCCCCc1ccc(-c2ccc(-c3ccc(OC(=O)C(C)(C#N)CC)cc3)cc2)nc1. The summed E-state index contributed by atoms with van der Waals surface area (Å²) >= 11 is 0. The maximum absolute atomic E-state index is 12.3. The highest BCUT2D eigenvalue weighted by molar-refractivity contribution is 5.81. The Morgan fingerprint density at radius 3 is 2.09 bits per heavy atom. The third-order valence-corrected chi connectivity index (χ3v) is 6.13. The second-order valence-electron chi connectivity index (χ2n) is 8.65. The molecule has 0 saturated heterocycles. The van der Waals surface area contributed by atoms with Crippen LogP contribution in [0.25, 0.3) is 22.4 Å². The van der Waals surface area contributed by atoms with Crippen LogP contribution < -0.4 is 4.74 Å². The van der Waals surface area contributed by atoms with Gasteiger partial charge in [-0.2, -0.15) is 5.26 Å². The molecular formula is C29H32N2O2. The molecule has 2 aromatic carbocycles. The van der Waals surface area contributed by atoms with Crippen molar-refractivity contribution in [1.29, 1.82) is 5.26 Å². The lowest BCUT2D eigenvalue weighted by atomic mass is 9.90. The van der Waals surface area contributed by atoms with Gasteiger partial charge in [-0.15, -0.1) is 0 Å². The summed E-state index contributed by atoms with van der Waals surface area (Å²) in [6.45, 7) is 5.63. The number of hydrogen-bond donors (Lipinski definition) is 0. The molecular weight excluding hydrogens is 408 g/mol. The van der Waals surface area contributed by atoms with Crippen LogP contribution >= 0.6 is 0 Å². The molecule has 4 heteroatoms. The lowest BCUT2D eigenvalue weighted by Gasteiger charge is -2.17. The van der Waals surface area contributed by atoms with Gasteiger partial charge in [0.25, 0.3) is 0 Å². The van der Waals surface area contributed by atoms with E-state index in [1.807, 2.05) is 24.4 Å². The minimum atomic E-state index is -1.13. The van der Waals surface area contributed by atoms with Gasteiger partial charge in [-0.1, -0.05) is 75.6 Å². The molecule has 0 bridgehead atoms. The highest BCUT2D eigenvalue weighted by Crippen LogP contribution is 2.28. The molecule has 3 rings (SSSR count). The van der Waals surface area contributed by atoms with Gasteiger partial charge in [0.15, 0.2) is 5.41 Å². The van der Waals surface area contributed by atoms with Crippen LogP contribution in [0.5, 0.6) is 5.75 Å². The molecule has 1 aromatic heterocycles. The Bertz CT molecular complexity index is 1080. The van der Waals surface area contributed by atoms with Crippen molar-refractivity contribution in [3.05, 3.63) is 72.4 Å². The number of aromatic nitrogens is 1. The molecule has 0 aliphatic rings. The van der Waals surface area contributed by atoms with E-state index in [2.05, 4.69) is 48.3 Å². The molecule has 1 unspecified atom stereocenters. The zero-order valence-electron chi connectivity index (χ0n) is 19.8. The van der Waals surface area contributed by atoms with Crippen molar-refractivity contribution in [2.24, 2.45) is 5.41 Å². The van der Waals surface area contributed by atoms with Gasteiger partial charge in [0.1, 0.15) is 5.75 Å². The summed E-state index contributed by atoms with van der Waals surface area (Å²) in [6, 6.07) is 22.0. The standard InChI is InChI=1S/C29H32N2O2/c1-4-6-7-8-9-22-10-19-27(31-20-22)25-13-11-23(12-14-25)24-15-17-26(18-16-24)33-28(32)29(3,5-2)21-30/h10-20H,4-9H2,1-3H3. The van der Waals surface area contributed by atoms with Crippen LogP contribution in [0.1, 0.15) is 58.4 Å². The minimum Gasteiger partial charge on any atom is -0.425 e. The summed E-state index contributed by atoms with van der Waals surface area (Å²) in [5.74, 6) is -0.0849. The number of pyridine rings is 1. The summed E-state index contributed by atoms with van der Waals surface area (Å²) in [5.41, 5.74) is 4.31. The predicted molar refractivity (Wildman–Crippen MR) is 133 cm³/mol. The first kappa shape index (κ1) is 24.2. The number of nitriles is 1. The number of rotatable bonds is 10. The van der Waals surface area contributed by atoms with Gasteiger partial charge in [-0.25, -0.2) is 4.79 Å². The average molecular weight is 441 g/mol. The van der Waals surface area contributed by atoms with E-state index in [-0.39, 0.29) is 0 Å². The number of carbonyl (C=O) groups is 1. The molecule has 3 aromatic rings. The van der Waals surface area contributed by atoms with Crippen LogP contribution in [0.15, 0.2) is 66.9 Å². The van der Waals surface area contributed by atoms with Crippen molar-refractivity contribution in [3.8, 4) is 34.2 Å². The summed E-state index contributed by atoms with van der Waals surface area (Å²) in [4.78, 5) is 16.9. The van der Waals surface area contributed by atoms with Crippen molar-refractivity contribution in [2.75, 3.05) is 0 Å². The Labute approximate surface area is 197 Å². The quantitative estimate of drug-likeness (QED) is 0.187. The van der Waals surface area contributed by atoms with Crippen molar-refractivity contribution in [2.45, 2.75) is 59.3 Å². The van der Waals surface area contributed by atoms with Crippen molar-refractivity contribution in [3.63, 3.8) is 0 Å². The first-order valence-corrected chi connectivity index (χ1v) is 11.8. The number of benzene rings is 2. The summed E-state index contributed by atoms with van der Waals surface area (Å²) in [6.07, 6.45) is 8.54. The first-order chi connectivity index (χ1) is 16.0. The fraction of sp³-hybridized carbons (Fsp3) is 0.345. The zero-order valence-corrected chi connectivity index (χ0v) is 19.8. The van der Waals surface area contributed by atoms with Crippen LogP contribution in [0.3, 0.4) is 0 Å². The van der Waals surface area contributed by atoms with Gasteiger partial charge in [-0.05, 0) is 61.1 Å². The molecule has 170 valence electrons. The predicted octanol–water partition coefficient (Wildman–Crippen LogP) is 7.38. The molecule has 0 radical (unpaired) electrons. The summed E-state index contributed by atoms with van der Waals surface area (Å²) in [5, 5.41) is 9.24. The largest absolute Gasteiger partial charge is 0.425 e. The van der Waals surface area contributed by atoms with Crippen molar-refractivity contribution < 1.29 is 9.53 Å². The van der Waals surface area contributed by atoms with Crippen molar-refractivity contribution >= 4 is 5.97 Å². The molecule has 33 heavy (non-hydrogen) atoms. The minimum absolute atomic E-state index is 0.406. The van der Waals surface area contributed by atoms with Gasteiger partial charge in [-0.3, -0.25) is 4.98 Å². The second-order valence-corrected chi connectivity index (χ2v) is 8.65. The van der Waals surface area contributed by atoms with Crippen LogP contribution in [-0.4, -0.2) is 11.0 Å². The Morgan fingerprint density at radius 1 is 0.909 bits per heavy atom. The molecule has 0 aliphatic carbocycles. The first-order valence-electron chi connectivity index (χ1n) is 11.8. The number of nitrogens with zero attached hydrogens (tertiary/aromatic N) is 2. The molecule has 0 aliphatic heterocycles. The van der Waals surface area contributed by atoms with E-state index >= 15 is 0 Å². The number of esters is 1. The smallest absolute Gasteiger partial charge is 0.331 e. The number of ether oxygens (including phenoxy) is 1. The third kappa shape index (κ3) is 6.29. The zero-order chi connectivity index (χ0) is 23.7. The second kappa shape index (κ2) is 11.4. The van der Waals surface area contributed by atoms with Crippen LogP contribution in [0.4, 0.5) is 0 Å². The molecule has 0 fully saturated rings. The van der Waals surface area contributed by atoms with Crippen LogP contribution in [-0.2, 0) is 11.2 Å². The lowest BCUT2D eigenvalue weighted by molar-refractivity contribution is -0.141. The van der Waals surface area contributed by atoms with Crippen LogP contribution in [0, 0.1) is 16.7 Å². The lowest BCUT2D eigenvalue weighted by Crippen LogP contribution is -2.29. The van der Waals surface area contributed by atoms with E-state index in [0.717, 1.165) is 28.8 Å². The maximum atomic E-state index is 12.3. The monoisotopic (exact) mass is 440 g/mol. The summed E-state index contributed by atoms with van der Waals surface area (Å²) < 4.78 is 5.41. The Hall–Kier alpha value is -3.45. The highest BCUT2D eigenvalue weighted by Gasteiger charge is 2.33. The molecule has 0 N–H and O–H groups in total. The molecule has 4 nitrogen and oxygen atoms in total. The number of carbonyl (C=O) groups excluding carboxylic acids is 1. The molecule has 1 heterocycles. The van der Waals surface area contributed by atoms with Crippen LogP contribution in [0.2, 0.25) is 0 Å². The average Bonchev–Trinajstić information content (AvgIpc) is 2.87. The van der Waals surface area contributed by atoms with Gasteiger partial charge in [0, 0.05) is 11.8 Å². The van der Waals surface area contributed by atoms with Gasteiger partial charge in [0.05, 0.1) is 11.8 Å². The molecule has 0 amide bonds. The van der Waals surface area contributed by atoms with Gasteiger partial charge in [0.2, 0.25) is 0 Å². The topological polar surface area (TPSA) is 63.0 Å².